The number of nitrogens with zero attached hydrogens (tertiary/aromatic N) is 2. The lowest BCUT2D eigenvalue weighted by molar-refractivity contribution is 0.0960. The molecule has 33 heavy (non-hydrogen) atoms. The summed E-state index contributed by atoms with van der Waals surface area (Å²) in [7, 11) is 0. The van der Waals surface area contributed by atoms with Crippen LogP contribution < -0.4 is 27.0 Å². The summed E-state index contributed by atoms with van der Waals surface area (Å²) in [5.74, 6) is 0.0150. The molecule has 0 aliphatic heterocycles. The summed E-state index contributed by atoms with van der Waals surface area (Å²) in [5.41, 5.74) is 5.81. The molecule has 0 saturated heterocycles. The van der Waals surface area contributed by atoms with Gasteiger partial charge in [-0.05, 0) is 25.1 Å². The zero-order valence-corrected chi connectivity index (χ0v) is 19.3. The number of benzene rings is 1. The summed E-state index contributed by atoms with van der Waals surface area (Å²) in [6.45, 7) is 2.18. The number of aromatic nitrogens is 4. The van der Waals surface area contributed by atoms with Crippen molar-refractivity contribution in [1.29, 1.82) is 0 Å². The van der Waals surface area contributed by atoms with E-state index in [2.05, 4.69) is 25.3 Å². The van der Waals surface area contributed by atoms with Crippen molar-refractivity contribution in [3.8, 4) is 17.0 Å². The maximum absolute atomic E-state index is 12.3. The largest absolute Gasteiger partial charge is 0.486 e. The second-order valence-corrected chi connectivity index (χ2v) is 8.63. The molecule has 0 saturated carbocycles. The predicted molar refractivity (Wildman–Crippen MR) is 127 cm³/mol. The summed E-state index contributed by atoms with van der Waals surface area (Å²) >= 11 is 13.9. The SMILES string of the molecule is CCNC(=O)c1cc2c(-c3cc(OCc4cc(=O)[nH]c(=O)[nH]4)c(Cl)cc3Cl)nc(N)nc2s1. The minimum Gasteiger partial charge on any atom is -0.486 e. The highest BCUT2D eigenvalue weighted by atomic mass is 35.5. The Morgan fingerprint density at radius 2 is 1.94 bits per heavy atom. The molecule has 3 aromatic heterocycles. The molecule has 0 radical (unpaired) electrons. The molecular weight excluding hydrogens is 491 g/mol. The van der Waals surface area contributed by atoms with Gasteiger partial charge in [-0.2, -0.15) is 0 Å². The minimum atomic E-state index is -0.650. The fourth-order valence-corrected chi connectivity index (χ4v) is 4.56. The van der Waals surface area contributed by atoms with Crippen molar-refractivity contribution in [2.24, 2.45) is 0 Å². The molecule has 3 heterocycles. The number of nitrogens with one attached hydrogen (secondary N) is 3. The lowest BCUT2D eigenvalue weighted by Gasteiger charge is -2.12. The van der Waals surface area contributed by atoms with Gasteiger partial charge in [0.1, 0.15) is 17.2 Å². The van der Waals surface area contributed by atoms with Gasteiger partial charge in [-0.25, -0.2) is 14.8 Å². The first-order chi connectivity index (χ1) is 15.7. The fraction of sp³-hybridized carbons (Fsp3) is 0.150. The van der Waals surface area contributed by atoms with Crippen LogP contribution in [0, 0.1) is 0 Å². The molecule has 170 valence electrons. The molecule has 1 amide bonds. The van der Waals surface area contributed by atoms with Crippen LogP contribution in [0.15, 0.2) is 33.9 Å². The average Bonchev–Trinajstić information content (AvgIpc) is 3.16. The maximum atomic E-state index is 12.3. The number of H-pyrrole nitrogens is 2. The number of thiophene rings is 1. The number of carbonyl (C=O) groups is 1. The number of rotatable bonds is 6. The van der Waals surface area contributed by atoms with E-state index in [1.807, 2.05) is 6.92 Å². The van der Waals surface area contributed by atoms with Gasteiger partial charge in [-0.15, -0.1) is 11.3 Å². The highest BCUT2D eigenvalue weighted by Crippen LogP contribution is 2.40. The topological polar surface area (TPSA) is 156 Å². The van der Waals surface area contributed by atoms with Crippen molar-refractivity contribution in [3.63, 3.8) is 0 Å². The van der Waals surface area contributed by atoms with E-state index in [0.717, 1.165) is 0 Å². The van der Waals surface area contributed by atoms with Crippen molar-refractivity contribution in [3.05, 3.63) is 65.7 Å². The third-order valence-electron chi connectivity index (χ3n) is 4.45. The van der Waals surface area contributed by atoms with E-state index in [1.165, 1.54) is 23.5 Å². The number of hydrogen-bond acceptors (Lipinski definition) is 8. The third-order valence-corrected chi connectivity index (χ3v) is 6.08. The first-order valence-corrected chi connectivity index (χ1v) is 11.1. The van der Waals surface area contributed by atoms with Crippen LogP contribution in [-0.2, 0) is 6.61 Å². The standard InChI is InChI=1S/C20H16Cl2N6O4S/c1-2-24-17(30)14-5-10-16(27-19(23)28-18(10)33-14)9-4-13(12(22)6-11(9)21)32-7-8-3-15(29)26-20(31)25-8/h3-6H,2,7H2,1H3,(H,24,30)(H2,23,27,28)(H2,25,26,29,31). The molecule has 0 atom stereocenters. The smallest absolute Gasteiger partial charge is 0.326 e. The first kappa shape index (κ1) is 22.8. The van der Waals surface area contributed by atoms with Crippen LogP contribution in [0.4, 0.5) is 5.95 Å². The number of nitrogen functional groups attached to an aromatic ring is 1. The van der Waals surface area contributed by atoms with Crippen LogP contribution in [0.5, 0.6) is 5.75 Å². The molecule has 4 aromatic rings. The van der Waals surface area contributed by atoms with Gasteiger partial charge in [0.05, 0.1) is 26.3 Å². The van der Waals surface area contributed by atoms with Crippen molar-refractivity contribution in [2.45, 2.75) is 13.5 Å². The van der Waals surface area contributed by atoms with Gasteiger partial charge in [0.2, 0.25) is 5.95 Å². The van der Waals surface area contributed by atoms with E-state index in [4.69, 9.17) is 33.7 Å². The second kappa shape index (κ2) is 9.22. The zero-order chi connectivity index (χ0) is 23.7. The highest BCUT2D eigenvalue weighted by Gasteiger charge is 2.19. The van der Waals surface area contributed by atoms with Crippen LogP contribution in [0.2, 0.25) is 10.0 Å². The predicted octanol–water partition coefficient (Wildman–Crippen LogP) is 2.95. The number of aromatic amines is 2. The van der Waals surface area contributed by atoms with Gasteiger partial charge in [-0.1, -0.05) is 23.2 Å². The lowest BCUT2D eigenvalue weighted by Crippen LogP contribution is -2.23. The number of halogens is 2. The van der Waals surface area contributed by atoms with E-state index >= 15 is 0 Å². The summed E-state index contributed by atoms with van der Waals surface area (Å²) in [4.78, 5) is 49.3. The molecule has 5 N–H and O–H groups in total. The van der Waals surface area contributed by atoms with Crippen LogP contribution in [-0.4, -0.2) is 32.4 Å². The summed E-state index contributed by atoms with van der Waals surface area (Å²) in [6, 6.07) is 5.93. The Balaban J connectivity index is 1.76. The maximum Gasteiger partial charge on any atom is 0.326 e. The van der Waals surface area contributed by atoms with Gasteiger partial charge in [-0.3, -0.25) is 14.6 Å². The van der Waals surface area contributed by atoms with Gasteiger partial charge in [0.25, 0.3) is 11.5 Å². The average molecular weight is 507 g/mol. The molecule has 1 aromatic carbocycles. The van der Waals surface area contributed by atoms with Crippen LogP contribution in [0.3, 0.4) is 0 Å². The first-order valence-electron chi connectivity index (χ1n) is 9.55. The van der Waals surface area contributed by atoms with E-state index < -0.39 is 11.2 Å². The molecule has 0 aliphatic carbocycles. The molecule has 0 bridgehead atoms. The lowest BCUT2D eigenvalue weighted by atomic mass is 10.1. The van der Waals surface area contributed by atoms with E-state index in [1.54, 1.807) is 12.1 Å². The van der Waals surface area contributed by atoms with Gasteiger partial charge in [0, 0.05) is 23.6 Å². The molecule has 0 fully saturated rings. The Morgan fingerprint density at radius 3 is 2.67 bits per heavy atom. The van der Waals surface area contributed by atoms with E-state index in [-0.39, 0.29) is 40.0 Å². The number of ether oxygens (including phenoxy) is 1. The number of amides is 1. The molecule has 13 heteroatoms. The zero-order valence-electron chi connectivity index (χ0n) is 17.0. The molecule has 4 rings (SSSR count). The minimum absolute atomic E-state index is 0.0105. The monoisotopic (exact) mass is 506 g/mol. The molecule has 0 unspecified atom stereocenters. The van der Waals surface area contributed by atoms with Crippen LogP contribution >= 0.6 is 34.5 Å². The number of anilines is 1. The fourth-order valence-electron chi connectivity index (χ4n) is 3.08. The van der Waals surface area contributed by atoms with Crippen molar-refractivity contribution in [2.75, 3.05) is 12.3 Å². The van der Waals surface area contributed by atoms with Crippen molar-refractivity contribution in [1.82, 2.24) is 25.3 Å². The number of nitrogens with two attached hydrogens (primary N) is 1. The Kier molecular flexibility index (Phi) is 6.36. The Bertz CT molecular complexity index is 1470. The quantitative estimate of drug-likeness (QED) is 0.313. The third kappa shape index (κ3) is 4.85. The number of carbonyl (C=O) groups excluding carboxylic acids is 1. The second-order valence-electron chi connectivity index (χ2n) is 6.78. The molecular formula is C20H16Cl2N6O4S. The van der Waals surface area contributed by atoms with Gasteiger partial charge >= 0.3 is 5.69 Å². The normalized spacial score (nSPS) is 11.0. The van der Waals surface area contributed by atoms with Crippen molar-refractivity contribution >= 4 is 56.6 Å². The van der Waals surface area contributed by atoms with Crippen molar-refractivity contribution < 1.29 is 9.53 Å². The Hall–Kier alpha value is -3.41. The van der Waals surface area contributed by atoms with Crippen LogP contribution in [0.25, 0.3) is 21.5 Å². The molecule has 0 spiro atoms. The Morgan fingerprint density at radius 1 is 1.15 bits per heavy atom. The Labute approximate surface area is 199 Å². The van der Waals surface area contributed by atoms with Gasteiger partial charge in [0.15, 0.2) is 0 Å². The highest BCUT2D eigenvalue weighted by molar-refractivity contribution is 7.20. The van der Waals surface area contributed by atoms with E-state index in [0.29, 0.717) is 32.9 Å². The van der Waals surface area contributed by atoms with Crippen LogP contribution in [0.1, 0.15) is 22.3 Å². The van der Waals surface area contributed by atoms with E-state index in [9.17, 15) is 14.4 Å². The summed E-state index contributed by atoms with van der Waals surface area (Å²) in [6.07, 6.45) is 0. The molecule has 10 nitrogen and oxygen atoms in total. The van der Waals surface area contributed by atoms with Gasteiger partial charge < -0.3 is 20.8 Å². The summed E-state index contributed by atoms with van der Waals surface area (Å²) < 4.78 is 5.72. The number of fused-ring (bicyclic) bond motifs is 1. The summed E-state index contributed by atoms with van der Waals surface area (Å²) in [5, 5.41) is 3.82. The molecule has 0 aliphatic rings. The number of hydrogen-bond donors (Lipinski definition) is 4.